The zero-order valence-corrected chi connectivity index (χ0v) is 12.1. The highest BCUT2D eigenvalue weighted by atomic mass is 32.1. The van der Waals surface area contributed by atoms with Crippen LogP contribution in [0.15, 0.2) is 29.6 Å². The second-order valence-corrected chi connectivity index (χ2v) is 5.08. The third-order valence-corrected chi connectivity index (χ3v) is 3.73. The molecule has 0 radical (unpaired) electrons. The fourth-order valence-corrected chi connectivity index (χ4v) is 2.55. The number of nitrogens with two attached hydrogens (primary N) is 1. The van der Waals surface area contributed by atoms with Gasteiger partial charge in [-0.1, -0.05) is 0 Å². The molecule has 0 fully saturated rings. The van der Waals surface area contributed by atoms with Gasteiger partial charge in [-0.25, -0.2) is 0 Å². The highest BCUT2D eigenvalue weighted by Gasteiger charge is 2.07. The molecule has 0 aliphatic rings. The Morgan fingerprint density at radius 3 is 2.70 bits per heavy atom. The molecule has 1 aromatic heterocycles. The summed E-state index contributed by atoms with van der Waals surface area (Å²) in [6.07, 6.45) is 0. The topological polar surface area (TPSA) is 73.6 Å². The number of thiophene rings is 1. The third kappa shape index (κ3) is 3.21. The minimum atomic E-state index is -0.411. The van der Waals surface area contributed by atoms with E-state index in [2.05, 4.69) is 5.32 Å². The van der Waals surface area contributed by atoms with Crippen molar-refractivity contribution in [1.29, 1.82) is 0 Å². The number of carbonyl (C=O) groups is 1. The summed E-state index contributed by atoms with van der Waals surface area (Å²) >= 11 is 1.49. The monoisotopic (exact) mass is 292 g/mol. The first-order valence-electron chi connectivity index (χ1n) is 5.97. The molecule has 106 valence electrons. The van der Waals surface area contributed by atoms with E-state index in [-0.39, 0.29) is 0 Å². The summed E-state index contributed by atoms with van der Waals surface area (Å²) in [4.78, 5) is 12.1. The molecule has 1 heterocycles. The van der Waals surface area contributed by atoms with Crippen LogP contribution >= 0.6 is 11.3 Å². The van der Waals surface area contributed by atoms with Gasteiger partial charge in [0.25, 0.3) is 0 Å². The lowest BCUT2D eigenvalue weighted by Gasteiger charge is -2.11. The predicted molar refractivity (Wildman–Crippen MR) is 79.7 cm³/mol. The molecule has 0 aliphatic heterocycles. The van der Waals surface area contributed by atoms with Crippen LogP contribution in [-0.2, 0) is 6.54 Å². The van der Waals surface area contributed by atoms with Gasteiger partial charge < -0.3 is 20.5 Å². The molecular formula is C14H16N2O3S. The van der Waals surface area contributed by atoms with Crippen molar-refractivity contribution in [3.8, 4) is 11.5 Å². The van der Waals surface area contributed by atoms with Crippen molar-refractivity contribution in [1.82, 2.24) is 0 Å². The molecule has 20 heavy (non-hydrogen) atoms. The smallest absolute Gasteiger partial charge is 0.249 e. The maximum Gasteiger partial charge on any atom is 0.249 e. The van der Waals surface area contributed by atoms with Crippen LogP contribution in [-0.4, -0.2) is 20.1 Å². The summed E-state index contributed by atoms with van der Waals surface area (Å²) in [7, 11) is 3.23. The molecule has 1 amide bonds. The van der Waals surface area contributed by atoms with Crippen molar-refractivity contribution in [3.63, 3.8) is 0 Å². The van der Waals surface area contributed by atoms with Gasteiger partial charge in [-0.3, -0.25) is 4.79 Å². The van der Waals surface area contributed by atoms with E-state index in [1.54, 1.807) is 25.7 Å². The lowest BCUT2D eigenvalue weighted by atomic mass is 10.2. The van der Waals surface area contributed by atoms with E-state index in [0.29, 0.717) is 12.1 Å². The molecule has 3 N–H and O–H groups in total. The zero-order chi connectivity index (χ0) is 14.5. The molecule has 0 aliphatic carbocycles. The van der Waals surface area contributed by atoms with E-state index in [1.807, 2.05) is 18.2 Å². The van der Waals surface area contributed by atoms with E-state index in [1.165, 1.54) is 11.3 Å². The van der Waals surface area contributed by atoms with E-state index in [9.17, 15) is 4.79 Å². The summed E-state index contributed by atoms with van der Waals surface area (Å²) < 4.78 is 10.5. The number of nitrogens with one attached hydrogen (secondary N) is 1. The van der Waals surface area contributed by atoms with Gasteiger partial charge >= 0.3 is 0 Å². The van der Waals surface area contributed by atoms with Crippen molar-refractivity contribution in [2.24, 2.45) is 5.73 Å². The third-order valence-electron chi connectivity index (χ3n) is 2.80. The highest BCUT2D eigenvalue weighted by molar-refractivity contribution is 7.10. The maximum atomic E-state index is 11.0. The Morgan fingerprint density at radius 1 is 1.30 bits per heavy atom. The summed E-state index contributed by atoms with van der Waals surface area (Å²) in [5.41, 5.74) is 6.59. The number of primary amides is 1. The first-order valence-corrected chi connectivity index (χ1v) is 6.85. The first kappa shape index (κ1) is 14.2. The number of rotatable bonds is 6. The van der Waals surface area contributed by atoms with Gasteiger partial charge in [0.15, 0.2) is 0 Å². The number of carbonyl (C=O) groups excluding carboxylic acids is 1. The Balaban J connectivity index is 2.10. The van der Waals surface area contributed by atoms with Crippen LogP contribution in [0.5, 0.6) is 11.5 Å². The largest absolute Gasteiger partial charge is 0.497 e. The minimum Gasteiger partial charge on any atom is -0.497 e. The van der Waals surface area contributed by atoms with Gasteiger partial charge in [-0.05, 0) is 18.2 Å². The van der Waals surface area contributed by atoms with Crippen LogP contribution in [0.25, 0.3) is 0 Å². The number of amides is 1. The maximum absolute atomic E-state index is 11.0. The number of anilines is 1. The average molecular weight is 292 g/mol. The number of ether oxygens (including phenoxy) is 2. The average Bonchev–Trinajstić information content (AvgIpc) is 2.93. The van der Waals surface area contributed by atoms with Crippen LogP contribution in [0.4, 0.5) is 5.69 Å². The fourth-order valence-electron chi connectivity index (χ4n) is 1.74. The molecule has 5 nitrogen and oxygen atoms in total. The summed E-state index contributed by atoms with van der Waals surface area (Å²) in [6, 6.07) is 7.32. The molecule has 2 aromatic rings. The molecule has 0 saturated heterocycles. The highest BCUT2D eigenvalue weighted by Crippen LogP contribution is 2.29. The Hall–Kier alpha value is -2.21. The quantitative estimate of drug-likeness (QED) is 0.858. The van der Waals surface area contributed by atoms with Crippen molar-refractivity contribution < 1.29 is 14.3 Å². The lowest BCUT2D eigenvalue weighted by Crippen LogP contribution is -2.09. The summed E-state index contributed by atoms with van der Waals surface area (Å²) in [5.74, 6) is 1.07. The lowest BCUT2D eigenvalue weighted by molar-refractivity contribution is 0.100. The van der Waals surface area contributed by atoms with Crippen LogP contribution in [0.1, 0.15) is 15.2 Å². The van der Waals surface area contributed by atoms with Crippen LogP contribution < -0.4 is 20.5 Å². The standard InChI is InChI=1S/C14H16N2O3S/c1-18-10-3-4-13(19-2)12(6-10)16-7-11-5-9(8-20-11)14(15)17/h3-6,8,16H,7H2,1-2H3,(H2,15,17). The van der Waals surface area contributed by atoms with Crippen molar-refractivity contribution in [2.75, 3.05) is 19.5 Å². The van der Waals surface area contributed by atoms with Gasteiger partial charge in [-0.15, -0.1) is 11.3 Å². The first-order chi connectivity index (χ1) is 9.63. The Kier molecular flexibility index (Phi) is 4.47. The van der Waals surface area contributed by atoms with Crippen LogP contribution in [0.2, 0.25) is 0 Å². The van der Waals surface area contributed by atoms with Gasteiger partial charge in [-0.2, -0.15) is 0 Å². The molecule has 0 spiro atoms. The second-order valence-electron chi connectivity index (χ2n) is 4.09. The van der Waals surface area contributed by atoms with E-state index in [0.717, 1.165) is 22.1 Å². The van der Waals surface area contributed by atoms with Gasteiger partial charge in [0.05, 0.1) is 25.5 Å². The van der Waals surface area contributed by atoms with Crippen molar-refractivity contribution in [2.45, 2.75) is 6.54 Å². The molecule has 2 rings (SSSR count). The zero-order valence-electron chi connectivity index (χ0n) is 11.3. The fraction of sp³-hybridized carbons (Fsp3) is 0.214. The van der Waals surface area contributed by atoms with Crippen molar-refractivity contribution >= 4 is 22.9 Å². The molecule has 1 aromatic carbocycles. The number of benzene rings is 1. The Morgan fingerprint density at radius 2 is 2.10 bits per heavy atom. The number of hydrogen-bond donors (Lipinski definition) is 2. The van der Waals surface area contributed by atoms with Crippen LogP contribution in [0.3, 0.4) is 0 Å². The molecule has 0 atom stereocenters. The Bertz CT molecular complexity index is 610. The van der Waals surface area contributed by atoms with Gasteiger partial charge in [0.2, 0.25) is 5.91 Å². The molecule has 0 unspecified atom stereocenters. The number of hydrogen-bond acceptors (Lipinski definition) is 5. The van der Waals surface area contributed by atoms with Crippen molar-refractivity contribution in [3.05, 3.63) is 40.1 Å². The number of methoxy groups -OCH3 is 2. The normalized spacial score (nSPS) is 10.1. The SMILES string of the molecule is COc1ccc(OC)c(NCc2cc(C(N)=O)cs2)c1. The predicted octanol–water partition coefficient (Wildman–Crippen LogP) is 2.48. The second kappa shape index (κ2) is 6.29. The molecule has 0 saturated carbocycles. The summed E-state index contributed by atoms with van der Waals surface area (Å²) in [6.45, 7) is 0.585. The van der Waals surface area contributed by atoms with E-state index < -0.39 is 5.91 Å². The Labute approximate surface area is 121 Å². The van der Waals surface area contributed by atoms with E-state index in [4.69, 9.17) is 15.2 Å². The van der Waals surface area contributed by atoms with Crippen LogP contribution in [0, 0.1) is 0 Å². The summed E-state index contributed by atoms with van der Waals surface area (Å²) in [5, 5.41) is 5.01. The van der Waals surface area contributed by atoms with E-state index >= 15 is 0 Å². The van der Waals surface area contributed by atoms with Gasteiger partial charge in [0.1, 0.15) is 11.5 Å². The molecular weight excluding hydrogens is 276 g/mol. The van der Waals surface area contributed by atoms with Gasteiger partial charge in [0, 0.05) is 22.9 Å². The molecule has 0 bridgehead atoms. The molecule has 6 heteroatoms. The minimum absolute atomic E-state index is 0.411.